The summed E-state index contributed by atoms with van der Waals surface area (Å²) in [4.78, 5) is 15.1. The third-order valence-corrected chi connectivity index (χ3v) is 11.9. The van der Waals surface area contributed by atoms with Gasteiger partial charge >= 0.3 is 0 Å². The van der Waals surface area contributed by atoms with Gasteiger partial charge in [-0.05, 0) is 53.6 Å². The van der Waals surface area contributed by atoms with Crippen molar-refractivity contribution in [2.24, 2.45) is 0 Å². The Hall–Kier alpha value is -7.21. The molecule has 56 heavy (non-hydrogen) atoms. The number of aromatic nitrogens is 4. The van der Waals surface area contributed by atoms with Crippen molar-refractivity contribution >= 4 is 53.3 Å². The van der Waals surface area contributed by atoms with E-state index in [0.717, 1.165) is 33.5 Å². The molecule has 0 aliphatic rings. The number of benzene rings is 8. The van der Waals surface area contributed by atoms with Crippen LogP contribution in [0, 0.1) is 0 Å². The minimum atomic E-state index is 0.639. The van der Waals surface area contributed by atoms with E-state index in [-0.39, 0.29) is 0 Å². The lowest BCUT2D eigenvalue weighted by atomic mass is 9.94. The topological polar surface area (TPSA) is 43.6 Å². The highest BCUT2D eigenvalue weighted by Gasteiger charge is 2.19. The van der Waals surface area contributed by atoms with E-state index >= 15 is 0 Å². The van der Waals surface area contributed by atoms with E-state index in [2.05, 4.69) is 138 Å². The van der Waals surface area contributed by atoms with Crippen LogP contribution in [0.4, 0.5) is 0 Å². The van der Waals surface area contributed by atoms with Crippen molar-refractivity contribution in [3.63, 3.8) is 0 Å². The lowest BCUT2D eigenvalue weighted by molar-refractivity contribution is 1.07. The molecule has 0 saturated heterocycles. The molecule has 0 bridgehead atoms. The Morgan fingerprint density at radius 3 is 1.54 bits per heavy atom. The Balaban J connectivity index is 1.13. The highest BCUT2D eigenvalue weighted by atomic mass is 32.1. The van der Waals surface area contributed by atoms with Crippen LogP contribution in [0.2, 0.25) is 0 Å². The van der Waals surface area contributed by atoms with Crippen LogP contribution in [0.1, 0.15) is 0 Å². The summed E-state index contributed by atoms with van der Waals surface area (Å²) in [5, 5.41) is 5.01. The van der Waals surface area contributed by atoms with Gasteiger partial charge in [0.1, 0.15) is 0 Å². The van der Waals surface area contributed by atoms with Gasteiger partial charge in [-0.3, -0.25) is 0 Å². The summed E-state index contributed by atoms with van der Waals surface area (Å²) in [6.07, 6.45) is 0. The van der Waals surface area contributed by atoms with Gasteiger partial charge in [0.25, 0.3) is 0 Å². The maximum Gasteiger partial charge on any atom is 0.164 e. The van der Waals surface area contributed by atoms with Gasteiger partial charge in [0.2, 0.25) is 0 Å². The van der Waals surface area contributed by atoms with E-state index in [4.69, 9.17) is 15.0 Å². The molecular formula is C51H32N4S. The SMILES string of the molecule is c1ccc(-c2nc(-c3ccccc3)nc(-c3cccc(-c4cc(-c5ccccc5-n5c6ccccc6c6ccccc65)cc5c4sc4ccccc45)c3)n2)cc1. The van der Waals surface area contributed by atoms with Crippen molar-refractivity contribution in [1.82, 2.24) is 19.5 Å². The average molecular weight is 733 g/mol. The second-order valence-electron chi connectivity index (χ2n) is 14.0. The standard InChI is InChI=1S/C51H32N4S/c1-3-16-33(17-4-1)49-52-50(34-18-5-2-6-19-34)54-51(53-49)36-21-15-20-35(30-36)42-31-37(32-43-41-25-10-14-29-47(41)56-48(42)43)38-22-7-11-26-44(38)55-45-27-12-8-23-39(45)40-24-9-13-28-46(40)55/h1-32H. The Labute approximate surface area is 327 Å². The third kappa shape index (κ3) is 5.40. The Morgan fingerprint density at radius 1 is 0.339 bits per heavy atom. The van der Waals surface area contributed by atoms with Crippen LogP contribution in [0.3, 0.4) is 0 Å². The monoisotopic (exact) mass is 732 g/mol. The van der Waals surface area contributed by atoms with Gasteiger partial charge in [-0.2, -0.15) is 0 Å². The molecule has 0 aliphatic heterocycles. The van der Waals surface area contributed by atoms with Crippen molar-refractivity contribution in [3.05, 3.63) is 194 Å². The normalized spacial score (nSPS) is 11.6. The van der Waals surface area contributed by atoms with Gasteiger partial charge < -0.3 is 4.57 Å². The summed E-state index contributed by atoms with van der Waals surface area (Å²) in [5.74, 6) is 1.94. The van der Waals surface area contributed by atoms with Crippen LogP contribution in [-0.4, -0.2) is 19.5 Å². The van der Waals surface area contributed by atoms with Crippen molar-refractivity contribution in [3.8, 4) is 62.1 Å². The lowest BCUT2D eigenvalue weighted by Crippen LogP contribution is -2.00. The van der Waals surface area contributed by atoms with Gasteiger partial charge in [0.05, 0.1) is 16.7 Å². The third-order valence-electron chi connectivity index (χ3n) is 10.6. The predicted molar refractivity (Wildman–Crippen MR) is 234 cm³/mol. The number of hydrogen-bond donors (Lipinski definition) is 0. The van der Waals surface area contributed by atoms with Crippen LogP contribution in [0.15, 0.2) is 194 Å². The molecule has 3 aromatic heterocycles. The quantitative estimate of drug-likeness (QED) is 0.171. The number of thiophene rings is 1. The van der Waals surface area contributed by atoms with E-state index in [0.29, 0.717) is 17.5 Å². The first-order chi connectivity index (χ1) is 27.8. The van der Waals surface area contributed by atoms with E-state index < -0.39 is 0 Å². The van der Waals surface area contributed by atoms with E-state index in [1.807, 2.05) is 72.0 Å². The first-order valence-electron chi connectivity index (χ1n) is 18.8. The zero-order valence-electron chi connectivity index (χ0n) is 30.2. The number of para-hydroxylation sites is 3. The first-order valence-corrected chi connectivity index (χ1v) is 19.6. The Kier molecular flexibility index (Phi) is 7.64. The lowest BCUT2D eigenvalue weighted by Gasteiger charge is -2.16. The molecule has 5 heteroatoms. The number of nitrogens with zero attached hydrogens (tertiary/aromatic N) is 4. The zero-order chi connectivity index (χ0) is 37.0. The fourth-order valence-corrected chi connectivity index (χ4v) is 9.28. The molecule has 0 unspecified atom stereocenters. The van der Waals surface area contributed by atoms with Gasteiger partial charge in [-0.1, -0.05) is 152 Å². The fraction of sp³-hybridized carbons (Fsp3) is 0. The number of hydrogen-bond acceptors (Lipinski definition) is 4. The van der Waals surface area contributed by atoms with Crippen LogP contribution in [0.5, 0.6) is 0 Å². The highest BCUT2D eigenvalue weighted by Crippen LogP contribution is 2.45. The molecule has 0 N–H and O–H groups in total. The summed E-state index contributed by atoms with van der Waals surface area (Å²) < 4.78 is 4.95. The number of rotatable bonds is 6. The van der Waals surface area contributed by atoms with Gasteiger partial charge in [-0.25, -0.2) is 15.0 Å². The predicted octanol–water partition coefficient (Wildman–Crippen LogP) is 13.7. The highest BCUT2D eigenvalue weighted by molar-refractivity contribution is 7.26. The smallest absolute Gasteiger partial charge is 0.164 e. The molecule has 0 amide bonds. The number of fused-ring (bicyclic) bond motifs is 6. The summed E-state index contributed by atoms with van der Waals surface area (Å²) in [6, 6.07) is 68.7. The molecule has 262 valence electrons. The summed E-state index contributed by atoms with van der Waals surface area (Å²) in [7, 11) is 0. The largest absolute Gasteiger partial charge is 0.309 e. The maximum absolute atomic E-state index is 5.06. The summed E-state index contributed by atoms with van der Waals surface area (Å²) in [6.45, 7) is 0. The van der Waals surface area contributed by atoms with Gasteiger partial charge in [0.15, 0.2) is 17.5 Å². The molecule has 11 rings (SSSR count). The molecular weight excluding hydrogens is 701 g/mol. The van der Waals surface area contributed by atoms with Crippen LogP contribution in [0.25, 0.3) is 104 Å². The Bertz CT molecular complexity index is 3140. The van der Waals surface area contributed by atoms with Crippen LogP contribution >= 0.6 is 11.3 Å². The van der Waals surface area contributed by atoms with Gasteiger partial charge in [-0.15, -0.1) is 11.3 Å². The molecule has 11 aromatic rings. The maximum atomic E-state index is 5.06. The van der Waals surface area contributed by atoms with E-state index in [1.165, 1.54) is 53.1 Å². The van der Waals surface area contributed by atoms with E-state index in [1.54, 1.807) is 0 Å². The van der Waals surface area contributed by atoms with Crippen molar-refractivity contribution in [1.29, 1.82) is 0 Å². The van der Waals surface area contributed by atoms with Crippen molar-refractivity contribution < 1.29 is 0 Å². The molecule has 3 heterocycles. The second kappa shape index (κ2) is 13.3. The van der Waals surface area contributed by atoms with Crippen molar-refractivity contribution in [2.75, 3.05) is 0 Å². The summed E-state index contributed by atoms with van der Waals surface area (Å²) >= 11 is 1.85. The Morgan fingerprint density at radius 2 is 0.857 bits per heavy atom. The molecule has 0 saturated carbocycles. The molecule has 0 aliphatic carbocycles. The molecule has 0 atom stereocenters. The van der Waals surface area contributed by atoms with Gasteiger partial charge in [0, 0.05) is 58.8 Å². The fourth-order valence-electron chi connectivity index (χ4n) is 8.06. The summed E-state index contributed by atoms with van der Waals surface area (Å²) in [5.41, 5.74) is 11.0. The van der Waals surface area contributed by atoms with Crippen LogP contribution < -0.4 is 0 Å². The second-order valence-corrected chi connectivity index (χ2v) is 15.1. The molecule has 4 nitrogen and oxygen atoms in total. The molecule has 0 spiro atoms. The molecule has 0 fully saturated rings. The minimum absolute atomic E-state index is 0.639. The van der Waals surface area contributed by atoms with E-state index in [9.17, 15) is 0 Å². The molecule has 8 aromatic carbocycles. The minimum Gasteiger partial charge on any atom is -0.309 e. The van der Waals surface area contributed by atoms with Crippen molar-refractivity contribution in [2.45, 2.75) is 0 Å². The first kappa shape index (κ1) is 32.2. The van der Waals surface area contributed by atoms with Crippen LogP contribution in [-0.2, 0) is 0 Å². The molecule has 0 radical (unpaired) electrons. The average Bonchev–Trinajstić information content (AvgIpc) is 3.82. The zero-order valence-corrected chi connectivity index (χ0v) is 31.0.